The van der Waals surface area contributed by atoms with E-state index < -0.39 is 23.5 Å². The molecule has 0 bridgehead atoms. The zero-order chi connectivity index (χ0) is 20.6. The zero-order valence-corrected chi connectivity index (χ0v) is 15.0. The molecule has 0 spiro atoms. The standard InChI is InChI=1S/C19H16F3N5O2/c20-19(21,22)10-3-4-12(15(28)8-10)16-11-5-7-23-9-13(11)17(27-26-16)25-14-2-1-6-24-18(14)29/h3-5,7-9,14,28H,1-2,6H2,(H,24,29)(H,25,27)/t14-/m1/s1. The van der Waals surface area contributed by atoms with E-state index in [1.165, 1.54) is 12.4 Å². The highest BCUT2D eigenvalue weighted by atomic mass is 19.4. The fraction of sp³-hybridized carbons (Fsp3) is 0.263. The molecular formula is C19H16F3N5O2. The lowest BCUT2D eigenvalue weighted by molar-refractivity contribution is -0.137. The highest BCUT2D eigenvalue weighted by molar-refractivity contribution is 6.01. The molecule has 0 radical (unpaired) electrons. The van der Waals surface area contributed by atoms with E-state index in [-0.39, 0.29) is 17.2 Å². The molecule has 1 aliphatic heterocycles. The van der Waals surface area contributed by atoms with Crippen LogP contribution < -0.4 is 10.6 Å². The average Bonchev–Trinajstić information content (AvgIpc) is 2.69. The van der Waals surface area contributed by atoms with Gasteiger partial charge in [0.25, 0.3) is 0 Å². The number of piperidine rings is 1. The number of carbonyl (C=O) groups is 1. The predicted molar refractivity (Wildman–Crippen MR) is 99.1 cm³/mol. The van der Waals surface area contributed by atoms with Gasteiger partial charge in [-0.15, -0.1) is 10.2 Å². The number of phenols is 1. The second kappa shape index (κ2) is 7.19. The van der Waals surface area contributed by atoms with Crippen LogP contribution in [0.1, 0.15) is 18.4 Å². The topological polar surface area (TPSA) is 100 Å². The fourth-order valence-electron chi connectivity index (χ4n) is 3.29. The molecule has 0 saturated carbocycles. The van der Waals surface area contributed by atoms with Gasteiger partial charge in [0.15, 0.2) is 5.82 Å². The smallest absolute Gasteiger partial charge is 0.416 e. The normalized spacial score (nSPS) is 17.2. The minimum Gasteiger partial charge on any atom is -0.507 e. The molecule has 1 aromatic carbocycles. The number of phenolic OH excluding ortho intramolecular Hbond substituents is 1. The summed E-state index contributed by atoms with van der Waals surface area (Å²) >= 11 is 0. The third-order valence-electron chi connectivity index (χ3n) is 4.76. The van der Waals surface area contributed by atoms with E-state index in [1.54, 1.807) is 6.07 Å². The molecule has 1 atom stereocenters. The first-order valence-electron chi connectivity index (χ1n) is 8.90. The number of fused-ring (bicyclic) bond motifs is 1. The third kappa shape index (κ3) is 3.65. The second-order valence-electron chi connectivity index (χ2n) is 6.68. The Balaban J connectivity index is 1.77. The molecule has 3 aromatic rings. The first-order chi connectivity index (χ1) is 13.8. The van der Waals surface area contributed by atoms with Gasteiger partial charge in [-0.2, -0.15) is 13.2 Å². The van der Waals surface area contributed by atoms with Gasteiger partial charge in [-0.05, 0) is 37.1 Å². The number of pyridine rings is 1. The monoisotopic (exact) mass is 403 g/mol. The SMILES string of the molecule is O=C1NCCC[C@H]1Nc1nnc(-c2ccc(C(F)(F)F)cc2O)c2ccncc12. The number of amides is 1. The number of hydrogen-bond acceptors (Lipinski definition) is 6. The second-order valence-corrected chi connectivity index (χ2v) is 6.68. The van der Waals surface area contributed by atoms with Gasteiger partial charge in [-0.1, -0.05) is 0 Å². The molecule has 7 nitrogen and oxygen atoms in total. The molecule has 3 heterocycles. The third-order valence-corrected chi connectivity index (χ3v) is 4.76. The number of carbonyl (C=O) groups excluding carboxylic acids is 1. The Bertz CT molecular complexity index is 1090. The van der Waals surface area contributed by atoms with Gasteiger partial charge in [0.2, 0.25) is 5.91 Å². The molecule has 150 valence electrons. The van der Waals surface area contributed by atoms with E-state index in [0.717, 1.165) is 18.6 Å². The van der Waals surface area contributed by atoms with Crippen molar-refractivity contribution >= 4 is 22.5 Å². The van der Waals surface area contributed by atoms with E-state index in [2.05, 4.69) is 25.8 Å². The lowest BCUT2D eigenvalue weighted by Crippen LogP contribution is -2.44. The van der Waals surface area contributed by atoms with E-state index in [1.807, 2.05) is 0 Å². The highest BCUT2D eigenvalue weighted by Crippen LogP contribution is 2.38. The summed E-state index contributed by atoms with van der Waals surface area (Å²) < 4.78 is 38.6. The molecule has 1 amide bonds. The number of aromatic nitrogens is 3. The molecular weight excluding hydrogens is 387 g/mol. The summed E-state index contributed by atoms with van der Waals surface area (Å²) in [4.78, 5) is 16.1. The van der Waals surface area contributed by atoms with Gasteiger partial charge < -0.3 is 15.7 Å². The van der Waals surface area contributed by atoms with Crippen LogP contribution in [0.4, 0.5) is 19.0 Å². The summed E-state index contributed by atoms with van der Waals surface area (Å²) in [5, 5.41) is 25.3. The van der Waals surface area contributed by atoms with Crippen LogP contribution in [0.2, 0.25) is 0 Å². The van der Waals surface area contributed by atoms with Crippen molar-refractivity contribution in [3.63, 3.8) is 0 Å². The Morgan fingerprint density at radius 2 is 2.00 bits per heavy atom. The summed E-state index contributed by atoms with van der Waals surface area (Å²) in [6.45, 7) is 0.622. The van der Waals surface area contributed by atoms with Crippen LogP contribution in [0.25, 0.3) is 22.0 Å². The predicted octanol–water partition coefficient (Wildman–Crippen LogP) is 3.11. The van der Waals surface area contributed by atoms with Gasteiger partial charge in [0.05, 0.1) is 5.56 Å². The van der Waals surface area contributed by atoms with Crippen molar-refractivity contribution in [1.82, 2.24) is 20.5 Å². The van der Waals surface area contributed by atoms with Crippen LogP contribution in [-0.2, 0) is 11.0 Å². The van der Waals surface area contributed by atoms with Crippen molar-refractivity contribution in [3.05, 3.63) is 42.2 Å². The van der Waals surface area contributed by atoms with Crippen LogP contribution in [0.3, 0.4) is 0 Å². The number of alkyl halides is 3. The van der Waals surface area contributed by atoms with Gasteiger partial charge in [-0.3, -0.25) is 9.78 Å². The number of aromatic hydroxyl groups is 1. The Labute approximate surface area is 163 Å². The van der Waals surface area contributed by atoms with Crippen LogP contribution in [0, 0.1) is 0 Å². The van der Waals surface area contributed by atoms with Crippen LogP contribution in [0.5, 0.6) is 5.75 Å². The highest BCUT2D eigenvalue weighted by Gasteiger charge is 2.31. The van der Waals surface area contributed by atoms with Crippen molar-refractivity contribution in [2.24, 2.45) is 0 Å². The Hall–Kier alpha value is -3.43. The molecule has 2 aromatic heterocycles. The van der Waals surface area contributed by atoms with Crippen molar-refractivity contribution in [2.45, 2.75) is 25.1 Å². The number of benzene rings is 1. The lowest BCUT2D eigenvalue weighted by atomic mass is 10.0. The summed E-state index contributed by atoms with van der Waals surface area (Å²) in [7, 11) is 0. The summed E-state index contributed by atoms with van der Waals surface area (Å²) in [6, 6.07) is 3.85. The van der Waals surface area contributed by atoms with Crippen molar-refractivity contribution in [1.29, 1.82) is 0 Å². The van der Waals surface area contributed by atoms with Crippen molar-refractivity contribution in [2.75, 3.05) is 11.9 Å². The minimum absolute atomic E-state index is 0.114. The average molecular weight is 403 g/mol. The number of nitrogens with one attached hydrogen (secondary N) is 2. The zero-order valence-electron chi connectivity index (χ0n) is 15.0. The van der Waals surface area contributed by atoms with Crippen molar-refractivity contribution in [3.8, 4) is 17.0 Å². The van der Waals surface area contributed by atoms with Crippen LogP contribution in [0.15, 0.2) is 36.7 Å². The first-order valence-corrected chi connectivity index (χ1v) is 8.90. The Kier molecular flexibility index (Phi) is 4.69. The summed E-state index contributed by atoms with van der Waals surface area (Å²) in [5.41, 5.74) is -0.629. The maximum absolute atomic E-state index is 12.9. The minimum atomic E-state index is -4.57. The molecule has 0 aliphatic carbocycles. The summed E-state index contributed by atoms with van der Waals surface area (Å²) in [6.07, 6.45) is -0.0767. The Morgan fingerprint density at radius 1 is 1.17 bits per heavy atom. The van der Waals surface area contributed by atoms with Crippen molar-refractivity contribution < 1.29 is 23.1 Å². The fourth-order valence-corrected chi connectivity index (χ4v) is 3.29. The number of anilines is 1. The van der Waals surface area contributed by atoms with E-state index >= 15 is 0 Å². The van der Waals surface area contributed by atoms with Gasteiger partial charge >= 0.3 is 6.18 Å². The van der Waals surface area contributed by atoms with Gasteiger partial charge in [0, 0.05) is 35.3 Å². The van der Waals surface area contributed by atoms with E-state index in [0.29, 0.717) is 35.6 Å². The van der Waals surface area contributed by atoms with E-state index in [4.69, 9.17) is 0 Å². The number of halogens is 3. The summed E-state index contributed by atoms with van der Waals surface area (Å²) in [5.74, 6) is -0.357. The van der Waals surface area contributed by atoms with Gasteiger partial charge in [0.1, 0.15) is 17.5 Å². The molecule has 4 rings (SSSR count). The van der Waals surface area contributed by atoms with Crippen LogP contribution >= 0.6 is 0 Å². The molecule has 29 heavy (non-hydrogen) atoms. The molecule has 10 heteroatoms. The molecule has 3 N–H and O–H groups in total. The molecule has 1 aliphatic rings. The Morgan fingerprint density at radius 3 is 2.72 bits per heavy atom. The molecule has 1 saturated heterocycles. The first kappa shape index (κ1) is 18.9. The molecule has 1 fully saturated rings. The quantitative estimate of drug-likeness (QED) is 0.622. The number of rotatable bonds is 3. The maximum atomic E-state index is 12.9. The number of nitrogens with zero attached hydrogens (tertiary/aromatic N) is 3. The van der Waals surface area contributed by atoms with E-state index in [9.17, 15) is 23.1 Å². The lowest BCUT2D eigenvalue weighted by Gasteiger charge is -2.23. The maximum Gasteiger partial charge on any atom is 0.416 e. The van der Waals surface area contributed by atoms with Gasteiger partial charge in [-0.25, -0.2) is 0 Å². The largest absolute Gasteiger partial charge is 0.507 e. The molecule has 0 unspecified atom stereocenters. The number of hydrogen-bond donors (Lipinski definition) is 3. The van der Waals surface area contributed by atoms with Crippen LogP contribution in [-0.4, -0.2) is 38.8 Å².